The Kier molecular flexibility index (Phi) is 4.02. The van der Waals surface area contributed by atoms with E-state index in [1.165, 1.54) is 0 Å². The minimum Gasteiger partial charge on any atom is -0.393 e. The lowest BCUT2D eigenvalue weighted by Crippen LogP contribution is -2.49. The van der Waals surface area contributed by atoms with Crippen LogP contribution < -0.4 is 5.32 Å². The number of rotatable bonds is 5. The van der Waals surface area contributed by atoms with Gasteiger partial charge in [0.05, 0.1) is 23.5 Å². The summed E-state index contributed by atoms with van der Waals surface area (Å²) in [5, 5.41) is 30.0. The molecular weight excluding hydrogens is 352 g/mol. The maximum absolute atomic E-state index is 9.87. The first-order chi connectivity index (χ1) is 13.7. The standard InChI is InChI=1S/C21H20N6O/c28-16-10-21(11-16,19-3-1-2-8-22-19)13-23-20-7-6-17(26-27-20)14-4-5-15-12-24-25-18(15)9-14/h1-9,12,16,28H,10-11,13H2,(H,23,27)(H,24,25)/t16-,21+. The fourth-order valence-electron chi connectivity index (χ4n) is 3.90. The normalized spacial score (nSPS) is 21.4. The van der Waals surface area contributed by atoms with Crippen molar-refractivity contribution in [1.29, 1.82) is 0 Å². The lowest BCUT2D eigenvalue weighted by Gasteiger charge is -2.45. The Morgan fingerprint density at radius 3 is 2.79 bits per heavy atom. The maximum Gasteiger partial charge on any atom is 0.148 e. The van der Waals surface area contributed by atoms with Crippen molar-refractivity contribution in [3.05, 3.63) is 66.6 Å². The van der Waals surface area contributed by atoms with Crippen molar-refractivity contribution >= 4 is 16.7 Å². The SMILES string of the molecule is O[C@H]1C[C@@](CNc2ccc(-c3ccc4cn[nH]c4c3)nn2)(c2ccccn2)C1. The Bertz CT molecular complexity index is 1090. The molecule has 0 atom stereocenters. The van der Waals surface area contributed by atoms with Gasteiger partial charge in [0.2, 0.25) is 0 Å². The molecule has 3 heterocycles. The van der Waals surface area contributed by atoms with Gasteiger partial charge in [-0.25, -0.2) is 0 Å². The Hall–Kier alpha value is -3.32. The summed E-state index contributed by atoms with van der Waals surface area (Å²) in [5.41, 5.74) is 3.61. The first-order valence-electron chi connectivity index (χ1n) is 9.33. The predicted octanol–water partition coefficient (Wildman–Crippen LogP) is 2.92. The molecule has 0 unspecified atom stereocenters. The highest BCUT2D eigenvalue weighted by atomic mass is 16.3. The number of hydrogen-bond acceptors (Lipinski definition) is 6. The number of fused-ring (bicyclic) bond motifs is 1. The minimum absolute atomic E-state index is 0.160. The number of anilines is 1. The number of hydrogen-bond donors (Lipinski definition) is 3. The smallest absolute Gasteiger partial charge is 0.148 e. The number of aliphatic hydroxyl groups is 1. The molecule has 0 saturated heterocycles. The maximum atomic E-state index is 9.87. The molecule has 0 bridgehead atoms. The van der Waals surface area contributed by atoms with E-state index >= 15 is 0 Å². The molecule has 4 aromatic rings. The van der Waals surface area contributed by atoms with Gasteiger partial charge in [0.15, 0.2) is 0 Å². The van der Waals surface area contributed by atoms with E-state index in [0.717, 1.165) is 27.9 Å². The van der Waals surface area contributed by atoms with Crippen LogP contribution in [-0.2, 0) is 5.41 Å². The van der Waals surface area contributed by atoms with Crippen molar-refractivity contribution in [3.8, 4) is 11.3 Å². The topological polar surface area (TPSA) is 99.6 Å². The van der Waals surface area contributed by atoms with E-state index in [9.17, 15) is 5.11 Å². The molecule has 0 amide bonds. The number of aromatic amines is 1. The fourth-order valence-corrected chi connectivity index (χ4v) is 3.90. The second-order valence-electron chi connectivity index (χ2n) is 7.39. The average molecular weight is 372 g/mol. The fraction of sp³-hybridized carbons (Fsp3) is 0.238. The van der Waals surface area contributed by atoms with E-state index in [4.69, 9.17) is 0 Å². The van der Waals surface area contributed by atoms with Gasteiger partial charge in [-0.05, 0) is 43.2 Å². The lowest BCUT2D eigenvalue weighted by atomic mass is 9.64. The monoisotopic (exact) mass is 372 g/mol. The van der Waals surface area contributed by atoms with Crippen LogP contribution in [0.1, 0.15) is 18.5 Å². The lowest BCUT2D eigenvalue weighted by molar-refractivity contribution is 0.0221. The van der Waals surface area contributed by atoms with Gasteiger partial charge in [0.1, 0.15) is 5.82 Å². The van der Waals surface area contributed by atoms with Crippen molar-refractivity contribution in [2.45, 2.75) is 24.4 Å². The molecule has 140 valence electrons. The number of H-pyrrole nitrogens is 1. The van der Waals surface area contributed by atoms with Crippen LogP contribution in [0.5, 0.6) is 0 Å². The van der Waals surface area contributed by atoms with Crippen LogP contribution in [0.25, 0.3) is 22.2 Å². The van der Waals surface area contributed by atoms with Crippen molar-refractivity contribution in [2.75, 3.05) is 11.9 Å². The molecule has 1 saturated carbocycles. The zero-order chi connectivity index (χ0) is 19.0. The van der Waals surface area contributed by atoms with Crippen LogP contribution in [-0.4, -0.2) is 43.1 Å². The molecule has 1 aromatic carbocycles. The van der Waals surface area contributed by atoms with Gasteiger partial charge in [-0.3, -0.25) is 10.1 Å². The van der Waals surface area contributed by atoms with Gasteiger partial charge in [-0.15, -0.1) is 10.2 Å². The van der Waals surface area contributed by atoms with Gasteiger partial charge >= 0.3 is 0 Å². The summed E-state index contributed by atoms with van der Waals surface area (Å²) in [6.45, 7) is 0.662. The van der Waals surface area contributed by atoms with E-state index in [-0.39, 0.29) is 11.5 Å². The van der Waals surface area contributed by atoms with Gasteiger partial charge in [0, 0.05) is 34.8 Å². The molecule has 0 aliphatic heterocycles. The average Bonchev–Trinajstić information content (AvgIpc) is 3.19. The molecular formula is C21H20N6O. The third-order valence-electron chi connectivity index (χ3n) is 5.47. The molecule has 0 spiro atoms. The van der Waals surface area contributed by atoms with Crippen LogP contribution in [0, 0.1) is 0 Å². The van der Waals surface area contributed by atoms with E-state index in [0.29, 0.717) is 25.2 Å². The van der Waals surface area contributed by atoms with Crippen LogP contribution >= 0.6 is 0 Å². The van der Waals surface area contributed by atoms with Gasteiger partial charge in [-0.1, -0.05) is 18.2 Å². The molecule has 7 nitrogen and oxygen atoms in total. The predicted molar refractivity (Wildman–Crippen MR) is 107 cm³/mol. The summed E-state index contributed by atoms with van der Waals surface area (Å²) in [7, 11) is 0. The van der Waals surface area contributed by atoms with E-state index in [1.54, 1.807) is 12.4 Å². The van der Waals surface area contributed by atoms with Gasteiger partial charge < -0.3 is 10.4 Å². The van der Waals surface area contributed by atoms with Crippen molar-refractivity contribution in [2.24, 2.45) is 0 Å². The Morgan fingerprint density at radius 2 is 2.04 bits per heavy atom. The van der Waals surface area contributed by atoms with E-state index in [2.05, 4.69) is 30.7 Å². The summed E-state index contributed by atoms with van der Waals surface area (Å²) in [5.74, 6) is 0.711. The number of nitrogens with one attached hydrogen (secondary N) is 2. The highest BCUT2D eigenvalue weighted by Crippen LogP contribution is 2.43. The molecule has 7 heteroatoms. The molecule has 0 radical (unpaired) electrons. The first kappa shape index (κ1) is 16.8. The number of aliphatic hydroxyl groups excluding tert-OH is 1. The van der Waals surface area contributed by atoms with Crippen LogP contribution in [0.15, 0.2) is 60.9 Å². The largest absolute Gasteiger partial charge is 0.393 e. The highest BCUT2D eigenvalue weighted by Gasteiger charge is 2.45. The number of benzene rings is 1. The van der Waals surface area contributed by atoms with Crippen molar-refractivity contribution < 1.29 is 5.11 Å². The molecule has 3 N–H and O–H groups in total. The summed E-state index contributed by atoms with van der Waals surface area (Å²) < 4.78 is 0. The second kappa shape index (κ2) is 6.69. The summed E-state index contributed by atoms with van der Waals surface area (Å²) >= 11 is 0. The van der Waals surface area contributed by atoms with Gasteiger partial charge in [0.25, 0.3) is 0 Å². The second-order valence-corrected chi connectivity index (χ2v) is 7.39. The number of pyridine rings is 1. The van der Waals surface area contributed by atoms with Crippen molar-refractivity contribution in [3.63, 3.8) is 0 Å². The Balaban J connectivity index is 1.32. The zero-order valence-corrected chi connectivity index (χ0v) is 15.2. The molecule has 3 aromatic heterocycles. The molecule has 28 heavy (non-hydrogen) atoms. The third kappa shape index (κ3) is 2.99. The molecule has 1 aliphatic rings. The van der Waals surface area contributed by atoms with Crippen LogP contribution in [0.3, 0.4) is 0 Å². The molecule has 1 fully saturated rings. The Labute approximate surface area is 161 Å². The first-order valence-corrected chi connectivity index (χ1v) is 9.33. The van der Waals surface area contributed by atoms with E-state index < -0.39 is 0 Å². The van der Waals surface area contributed by atoms with Crippen LogP contribution in [0.4, 0.5) is 5.82 Å². The minimum atomic E-state index is -0.269. The summed E-state index contributed by atoms with van der Waals surface area (Å²) in [6, 6.07) is 15.8. The number of nitrogens with zero attached hydrogens (tertiary/aromatic N) is 4. The van der Waals surface area contributed by atoms with Gasteiger partial charge in [-0.2, -0.15) is 5.10 Å². The Morgan fingerprint density at radius 1 is 1.11 bits per heavy atom. The summed E-state index contributed by atoms with van der Waals surface area (Å²) in [6.07, 6.45) is 4.73. The molecule has 5 rings (SSSR count). The van der Waals surface area contributed by atoms with Crippen LogP contribution in [0.2, 0.25) is 0 Å². The van der Waals surface area contributed by atoms with Crippen molar-refractivity contribution in [1.82, 2.24) is 25.4 Å². The zero-order valence-electron chi connectivity index (χ0n) is 15.2. The van der Waals surface area contributed by atoms with E-state index in [1.807, 2.05) is 48.5 Å². The highest BCUT2D eigenvalue weighted by molar-refractivity contribution is 5.83. The summed E-state index contributed by atoms with van der Waals surface area (Å²) in [4.78, 5) is 4.50. The third-order valence-corrected chi connectivity index (χ3v) is 5.47. The number of aromatic nitrogens is 5. The molecule has 1 aliphatic carbocycles. The quantitative estimate of drug-likeness (QED) is 0.498.